The second kappa shape index (κ2) is 10.1. The summed E-state index contributed by atoms with van der Waals surface area (Å²) in [6.07, 6.45) is 2.92. The van der Waals surface area contributed by atoms with Crippen LogP contribution < -0.4 is 15.2 Å². The summed E-state index contributed by atoms with van der Waals surface area (Å²) in [5.74, 6) is 1.82. The molecule has 2 rings (SSSR count). The van der Waals surface area contributed by atoms with Crippen molar-refractivity contribution < 1.29 is 9.47 Å². The summed E-state index contributed by atoms with van der Waals surface area (Å²) in [7, 11) is 1.68. The van der Waals surface area contributed by atoms with E-state index in [-0.39, 0.29) is 12.4 Å². The van der Waals surface area contributed by atoms with E-state index in [1.165, 1.54) is 11.1 Å². The summed E-state index contributed by atoms with van der Waals surface area (Å²) >= 11 is 0. The van der Waals surface area contributed by atoms with Crippen molar-refractivity contribution in [3.63, 3.8) is 0 Å². The molecule has 3 nitrogen and oxygen atoms in total. The molecule has 0 aromatic heterocycles. The zero-order valence-corrected chi connectivity index (χ0v) is 13.8. The smallest absolute Gasteiger partial charge is 0.119 e. The van der Waals surface area contributed by atoms with Gasteiger partial charge in [-0.3, -0.25) is 0 Å². The predicted molar refractivity (Wildman–Crippen MR) is 93.3 cm³/mol. The first-order chi connectivity index (χ1) is 10.3. The number of methoxy groups -OCH3 is 1. The Hall–Kier alpha value is -1.71. The van der Waals surface area contributed by atoms with Crippen LogP contribution in [0.4, 0.5) is 0 Å². The molecule has 120 valence electrons. The highest BCUT2D eigenvalue weighted by atomic mass is 35.5. The number of rotatable bonds is 8. The van der Waals surface area contributed by atoms with Gasteiger partial charge in [0.1, 0.15) is 11.5 Å². The predicted octanol–water partition coefficient (Wildman–Crippen LogP) is 3.63. The molecule has 2 N–H and O–H groups in total. The number of ether oxygens (including phenoxy) is 2. The molecular weight excluding hydrogens is 298 g/mol. The maximum absolute atomic E-state index is 5.75. The van der Waals surface area contributed by atoms with Crippen molar-refractivity contribution in [1.82, 2.24) is 0 Å². The Bertz CT molecular complexity index is 526. The normalized spacial score (nSPS) is 9.91. The third-order valence-corrected chi connectivity index (χ3v) is 3.39. The molecular formula is C18H24ClNO2. The molecule has 2 aromatic rings. The van der Waals surface area contributed by atoms with Crippen LogP contribution in [0, 0.1) is 0 Å². The van der Waals surface area contributed by atoms with E-state index in [1.807, 2.05) is 24.3 Å². The van der Waals surface area contributed by atoms with Crippen LogP contribution in [0.3, 0.4) is 0 Å². The lowest BCUT2D eigenvalue weighted by atomic mass is 10.1. The molecule has 0 atom stereocenters. The van der Waals surface area contributed by atoms with Gasteiger partial charge >= 0.3 is 0 Å². The fraction of sp³-hybridized carbons (Fsp3) is 0.333. The van der Waals surface area contributed by atoms with Crippen molar-refractivity contribution in [1.29, 1.82) is 0 Å². The zero-order chi connectivity index (χ0) is 14.9. The van der Waals surface area contributed by atoms with E-state index in [1.54, 1.807) is 7.11 Å². The standard InChI is InChI=1S/C18H23NO2.ClH/c1-20-17-8-4-15(5-9-17)3-2-14-21-18-10-6-16(7-11-18)12-13-19;/h4-11H,2-3,12-14,19H2,1H3;1H. The number of hydrogen-bond acceptors (Lipinski definition) is 3. The van der Waals surface area contributed by atoms with E-state index in [0.29, 0.717) is 6.54 Å². The Balaban J connectivity index is 0.00000242. The molecule has 0 heterocycles. The van der Waals surface area contributed by atoms with Crippen molar-refractivity contribution in [3.8, 4) is 11.5 Å². The van der Waals surface area contributed by atoms with E-state index in [2.05, 4.69) is 24.3 Å². The van der Waals surface area contributed by atoms with E-state index in [9.17, 15) is 0 Å². The highest BCUT2D eigenvalue weighted by molar-refractivity contribution is 5.85. The Morgan fingerprint density at radius 3 is 1.91 bits per heavy atom. The van der Waals surface area contributed by atoms with Crippen LogP contribution in [0.1, 0.15) is 17.5 Å². The number of hydrogen-bond donors (Lipinski definition) is 1. The monoisotopic (exact) mass is 321 g/mol. The fourth-order valence-electron chi connectivity index (χ4n) is 2.18. The average molecular weight is 322 g/mol. The van der Waals surface area contributed by atoms with Crippen LogP contribution in [0.15, 0.2) is 48.5 Å². The van der Waals surface area contributed by atoms with Gasteiger partial charge in [-0.15, -0.1) is 12.4 Å². The Morgan fingerprint density at radius 1 is 0.818 bits per heavy atom. The molecule has 4 heteroatoms. The van der Waals surface area contributed by atoms with Gasteiger partial charge in [-0.05, 0) is 61.2 Å². The molecule has 2 aromatic carbocycles. The average Bonchev–Trinajstić information content (AvgIpc) is 2.54. The van der Waals surface area contributed by atoms with Crippen LogP contribution in [-0.2, 0) is 12.8 Å². The minimum atomic E-state index is 0. The lowest BCUT2D eigenvalue weighted by Gasteiger charge is -2.07. The lowest BCUT2D eigenvalue weighted by Crippen LogP contribution is -2.03. The Morgan fingerprint density at radius 2 is 1.36 bits per heavy atom. The van der Waals surface area contributed by atoms with Crippen LogP contribution in [0.5, 0.6) is 11.5 Å². The first-order valence-corrected chi connectivity index (χ1v) is 7.36. The van der Waals surface area contributed by atoms with Gasteiger partial charge in [0.05, 0.1) is 13.7 Å². The maximum Gasteiger partial charge on any atom is 0.119 e. The molecule has 0 amide bonds. The molecule has 0 saturated carbocycles. The van der Waals surface area contributed by atoms with E-state index in [0.717, 1.165) is 37.4 Å². The third kappa shape index (κ3) is 5.96. The maximum atomic E-state index is 5.75. The van der Waals surface area contributed by atoms with Gasteiger partial charge in [0.25, 0.3) is 0 Å². The summed E-state index contributed by atoms with van der Waals surface area (Å²) in [6.45, 7) is 1.41. The molecule has 0 bridgehead atoms. The summed E-state index contributed by atoms with van der Waals surface area (Å²) in [5, 5.41) is 0. The summed E-state index contributed by atoms with van der Waals surface area (Å²) in [4.78, 5) is 0. The highest BCUT2D eigenvalue weighted by Gasteiger charge is 1.98. The van der Waals surface area contributed by atoms with Gasteiger partial charge in [0.15, 0.2) is 0 Å². The van der Waals surface area contributed by atoms with Crippen molar-refractivity contribution in [3.05, 3.63) is 59.7 Å². The Labute approximate surface area is 138 Å². The molecule has 0 saturated heterocycles. The van der Waals surface area contributed by atoms with E-state index in [4.69, 9.17) is 15.2 Å². The molecule has 0 aliphatic heterocycles. The molecule has 0 radical (unpaired) electrons. The summed E-state index contributed by atoms with van der Waals surface area (Å²) < 4.78 is 10.9. The van der Waals surface area contributed by atoms with Gasteiger partial charge in [-0.25, -0.2) is 0 Å². The van der Waals surface area contributed by atoms with Gasteiger partial charge in [-0.2, -0.15) is 0 Å². The highest BCUT2D eigenvalue weighted by Crippen LogP contribution is 2.15. The SMILES string of the molecule is COc1ccc(CCCOc2ccc(CCN)cc2)cc1.Cl. The molecule has 0 aliphatic carbocycles. The molecule has 22 heavy (non-hydrogen) atoms. The van der Waals surface area contributed by atoms with Crippen molar-refractivity contribution in [2.45, 2.75) is 19.3 Å². The van der Waals surface area contributed by atoms with Gasteiger partial charge in [0, 0.05) is 0 Å². The van der Waals surface area contributed by atoms with Crippen LogP contribution in [0.25, 0.3) is 0 Å². The summed E-state index contributed by atoms with van der Waals surface area (Å²) in [6, 6.07) is 16.4. The minimum Gasteiger partial charge on any atom is -0.497 e. The largest absolute Gasteiger partial charge is 0.497 e. The zero-order valence-electron chi connectivity index (χ0n) is 13.0. The summed E-state index contributed by atoms with van der Waals surface area (Å²) in [5.41, 5.74) is 8.09. The van der Waals surface area contributed by atoms with Crippen molar-refractivity contribution >= 4 is 12.4 Å². The first-order valence-electron chi connectivity index (χ1n) is 7.36. The number of aryl methyl sites for hydroxylation is 1. The molecule has 0 unspecified atom stereocenters. The topological polar surface area (TPSA) is 44.5 Å². The number of benzene rings is 2. The van der Waals surface area contributed by atoms with E-state index < -0.39 is 0 Å². The lowest BCUT2D eigenvalue weighted by molar-refractivity contribution is 0.311. The van der Waals surface area contributed by atoms with Gasteiger partial charge < -0.3 is 15.2 Å². The van der Waals surface area contributed by atoms with Crippen LogP contribution in [0.2, 0.25) is 0 Å². The van der Waals surface area contributed by atoms with Crippen LogP contribution >= 0.6 is 12.4 Å². The van der Waals surface area contributed by atoms with Gasteiger partial charge in [-0.1, -0.05) is 24.3 Å². The second-order valence-corrected chi connectivity index (χ2v) is 4.98. The first kappa shape index (κ1) is 18.3. The fourth-order valence-corrected chi connectivity index (χ4v) is 2.18. The van der Waals surface area contributed by atoms with Crippen molar-refractivity contribution in [2.24, 2.45) is 5.73 Å². The minimum absolute atomic E-state index is 0. The number of nitrogens with two attached hydrogens (primary N) is 1. The van der Waals surface area contributed by atoms with Crippen LogP contribution in [-0.4, -0.2) is 20.3 Å². The molecule has 0 spiro atoms. The van der Waals surface area contributed by atoms with E-state index >= 15 is 0 Å². The third-order valence-electron chi connectivity index (χ3n) is 3.39. The van der Waals surface area contributed by atoms with Gasteiger partial charge in [0.2, 0.25) is 0 Å². The quantitative estimate of drug-likeness (QED) is 0.755. The second-order valence-electron chi connectivity index (χ2n) is 4.98. The molecule has 0 fully saturated rings. The van der Waals surface area contributed by atoms with Crippen molar-refractivity contribution in [2.75, 3.05) is 20.3 Å². The Kier molecular flexibility index (Phi) is 8.41. The number of halogens is 1. The molecule has 0 aliphatic rings.